The Labute approximate surface area is 213 Å². The van der Waals surface area contributed by atoms with Gasteiger partial charge in [0.2, 0.25) is 10.0 Å². The smallest absolute Gasteiger partial charge is 0.255 e. The molecule has 0 bridgehead atoms. The van der Waals surface area contributed by atoms with Crippen molar-refractivity contribution in [2.75, 3.05) is 19.8 Å². The molecule has 1 N–H and O–H groups in total. The zero-order valence-electron chi connectivity index (χ0n) is 18.4. The van der Waals surface area contributed by atoms with E-state index in [0.717, 1.165) is 9.87 Å². The van der Waals surface area contributed by atoms with Gasteiger partial charge in [-0.15, -0.1) is 0 Å². The van der Waals surface area contributed by atoms with Gasteiger partial charge in [0.15, 0.2) is 11.5 Å². The van der Waals surface area contributed by atoms with Gasteiger partial charge >= 0.3 is 0 Å². The number of hydrogen-bond acceptors (Lipinski definition) is 6. The molecule has 1 aliphatic heterocycles. The van der Waals surface area contributed by atoms with Gasteiger partial charge in [0.25, 0.3) is 5.91 Å². The van der Waals surface area contributed by atoms with Gasteiger partial charge in [0.1, 0.15) is 13.2 Å². The summed E-state index contributed by atoms with van der Waals surface area (Å²) in [4.78, 5) is 12.6. The van der Waals surface area contributed by atoms with Crippen molar-refractivity contribution in [2.24, 2.45) is 5.10 Å². The van der Waals surface area contributed by atoms with Crippen LogP contribution in [0.2, 0.25) is 10.0 Å². The quantitative estimate of drug-likeness (QED) is 0.347. The number of hydrazone groups is 1. The molecular weight excluding hydrogens is 513 g/mol. The summed E-state index contributed by atoms with van der Waals surface area (Å²) >= 11 is 12.0. The molecule has 1 aliphatic rings. The standard InChI is InChI=1S/C24H21Cl2N3O5S/c25-19-7-6-18(21(26)12-19)14-27-28-24(30)16-29(15-17-4-2-1-3-5-17)35(31,32)20-8-9-22-23(13-20)34-11-10-33-22/h1-9,12-14H,10-11,15-16H2,(H,28,30). The molecular formula is C24H21Cl2N3O5S. The van der Waals surface area contributed by atoms with Crippen LogP contribution >= 0.6 is 23.2 Å². The molecule has 11 heteroatoms. The molecule has 0 saturated carbocycles. The van der Waals surface area contributed by atoms with E-state index >= 15 is 0 Å². The van der Waals surface area contributed by atoms with Crippen LogP contribution in [0.25, 0.3) is 0 Å². The van der Waals surface area contributed by atoms with Crippen LogP contribution in [0, 0.1) is 0 Å². The number of benzene rings is 3. The van der Waals surface area contributed by atoms with Crippen LogP contribution < -0.4 is 14.9 Å². The highest BCUT2D eigenvalue weighted by Crippen LogP contribution is 2.33. The first-order valence-electron chi connectivity index (χ1n) is 10.5. The lowest BCUT2D eigenvalue weighted by Gasteiger charge is -2.23. The summed E-state index contributed by atoms with van der Waals surface area (Å²) in [6.45, 7) is 0.235. The molecule has 3 aromatic rings. The van der Waals surface area contributed by atoms with E-state index in [1.807, 2.05) is 6.07 Å². The molecule has 182 valence electrons. The van der Waals surface area contributed by atoms with Crippen molar-refractivity contribution < 1.29 is 22.7 Å². The Bertz CT molecular complexity index is 1350. The van der Waals surface area contributed by atoms with Crippen molar-refractivity contribution in [1.29, 1.82) is 0 Å². The summed E-state index contributed by atoms with van der Waals surface area (Å²) in [5, 5.41) is 4.73. The van der Waals surface area contributed by atoms with Crippen LogP contribution in [-0.2, 0) is 21.4 Å². The highest BCUT2D eigenvalue weighted by atomic mass is 35.5. The number of sulfonamides is 1. The number of amides is 1. The van der Waals surface area contributed by atoms with Crippen molar-refractivity contribution in [1.82, 2.24) is 9.73 Å². The van der Waals surface area contributed by atoms with Gasteiger partial charge < -0.3 is 9.47 Å². The van der Waals surface area contributed by atoms with E-state index in [9.17, 15) is 13.2 Å². The Kier molecular flexibility index (Phi) is 7.92. The maximum absolute atomic E-state index is 13.5. The van der Waals surface area contributed by atoms with Gasteiger partial charge in [-0.3, -0.25) is 4.79 Å². The molecule has 0 saturated heterocycles. The van der Waals surface area contributed by atoms with E-state index in [2.05, 4.69) is 10.5 Å². The second kappa shape index (κ2) is 11.1. The van der Waals surface area contributed by atoms with Crippen molar-refractivity contribution >= 4 is 45.3 Å². The number of rotatable bonds is 8. The molecule has 0 atom stereocenters. The third-order valence-electron chi connectivity index (χ3n) is 5.03. The monoisotopic (exact) mass is 533 g/mol. The molecule has 1 heterocycles. The van der Waals surface area contributed by atoms with Gasteiger partial charge in [-0.2, -0.15) is 9.41 Å². The summed E-state index contributed by atoms with van der Waals surface area (Å²) in [6.07, 6.45) is 1.35. The second-order valence-corrected chi connectivity index (χ2v) is 10.3. The van der Waals surface area contributed by atoms with Crippen LogP contribution in [0.4, 0.5) is 0 Å². The van der Waals surface area contributed by atoms with E-state index in [4.69, 9.17) is 32.7 Å². The largest absolute Gasteiger partial charge is 0.486 e. The minimum Gasteiger partial charge on any atom is -0.486 e. The minimum atomic E-state index is -4.07. The number of nitrogens with one attached hydrogen (secondary N) is 1. The lowest BCUT2D eigenvalue weighted by molar-refractivity contribution is -0.121. The van der Waals surface area contributed by atoms with Gasteiger partial charge in [-0.1, -0.05) is 59.6 Å². The summed E-state index contributed by atoms with van der Waals surface area (Å²) in [6, 6.07) is 18.2. The fraction of sp³-hybridized carbons (Fsp3) is 0.167. The zero-order valence-corrected chi connectivity index (χ0v) is 20.7. The van der Waals surface area contributed by atoms with Gasteiger partial charge in [0.05, 0.1) is 22.7 Å². The van der Waals surface area contributed by atoms with Crippen molar-refractivity contribution in [2.45, 2.75) is 11.4 Å². The molecule has 35 heavy (non-hydrogen) atoms. The van der Waals surface area contributed by atoms with Crippen molar-refractivity contribution in [3.05, 3.63) is 87.9 Å². The molecule has 3 aromatic carbocycles. The molecule has 0 fully saturated rings. The Balaban J connectivity index is 1.54. The lowest BCUT2D eigenvalue weighted by atomic mass is 10.2. The van der Waals surface area contributed by atoms with Crippen LogP contribution in [0.3, 0.4) is 0 Å². The van der Waals surface area contributed by atoms with E-state index in [-0.39, 0.29) is 11.4 Å². The molecule has 8 nitrogen and oxygen atoms in total. The Morgan fingerprint density at radius 2 is 1.74 bits per heavy atom. The minimum absolute atomic E-state index is 0.0121. The van der Waals surface area contributed by atoms with E-state index in [1.54, 1.807) is 48.5 Å². The third-order valence-corrected chi connectivity index (χ3v) is 7.38. The lowest BCUT2D eigenvalue weighted by Crippen LogP contribution is -2.39. The van der Waals surface area contributed by atoms with E-state index in [0.29, 0.717) is 40.3 Å². The predicted molar refractivity (Wildman–Crippen MR) is 134 cm³/mol. The Hall–Kier alpha value is -3.11. The number of carbonyl (C=O) groups is 1. The normalized spacial score (nSPS) is 13.2. The molecule has 1 amide bonds. The first-order valence-corrected chi connectivity index (χ1v) is 12.7. The number of halogens is 2. The molecule has 0 spiro atoms. The second-order valence-electron chi connectivity index (χ2n) is 7.52. The average Bonchev–Trinajstić information content (AvgIpc) is 2.85. The van der Waals surface area contributed by atoms with E-state index in [1.165, 1.54) is 18.3 Å². The third kappa shape index (κ3) is 6.32. The van der Waals surface area contributed by atoms with Gasteiger partial charge in [-0.05, 0) is 29.8 Å². The number of hydrogen-bond donors (Lipinski definition) is 1. The summed E-state index contributed by atoms with van der Waals surface area (Å²) in [5.41, 5.74) is 3.61. The van der Waals surface area contributed by atoms with Crippen LogP contribution in [0.15, 0.2) is 76.7 Å². The molecule has 4 rings (SSSR count). The first kappa shape index (κ1) is 25.0. The van der Waals surface area contributed by atoms with Crippen molar-refractivity contribution in [3.8, 4) is 11.5 Å². The number of fused-ring (bicyclic) bond motifs is 1. The number of carbonyl (C=O) groups excluding carboxylic acids is 1. The molecule has 0 aromatic heterocycles. The van der Waals surface area contributed by atoms with Crippen LogP contribution in [0.5, 0.6) is 11.5 Å². The Morgan fingerprint density at radius 1 is 1.00 bits per heavy atom. The van der Waals surface area contributed by atoms with Gasteiger partial charge in [-0.25, -0.2) is 13.8 Å². The SMILES string of the molecule is O=C(CN(Cc1ccccc1)S(=O)(=O)c1ccc2c(c1)OCCO2)NN=Cc1ccc(Cl)cc1Cl. The van der Waals surface area contributed by atoms with Crippen LogP contribution in [-0.4, -0.2) is 44.6 Å². The first-order chi connectivity index (χ1) is 16.8. The fourth-order valence-electron chi connectivity index (χ4n) is 3.32. The van der Waals surface area contributed by atoms with E-state index < -0.39 is 22.5 Å². The number of nitrogens with zero attached hydrogens (tertiary/aromatic N) is 2. The molecule has 0 radical (unpaired) electrons. The number of ether oxygens (including phenoxy) is 2. The van der Waals surface area contributed by atoms with Crippen LogP contribution in [0.1, 0.15) is 11.1 Å². The Morgan fingerprint density at radius 3 is 2.49 bits per heavy atom. The summed E-state index contributed by atoms with van der Waals surface area (Å²) < 4.78 is 39.1. The maximum Gasteiger partial charge on any atom is 0.255 e. The summed E-state index contributed by atoms with van der Waals surface area (Å²) in [7, 11) is -4.07. The highest BCUT2D eigenvalue weighted by Gasteiger charge is 2.28. The predicted octanol–water partition coefficient (Wildman–Crippen LogP) is 4.11. The van der Waals surface area contributed by atoms with Crippen molar-refractivity contribution in [3.63, 3.8) is 0 Å². The maximum atomic E-state index is 13.5. The molecule has 0 aliphatic carbocycles. The average molecular weight is 534 g/mol. The molecule has 0 unspecified atom stereocenters. The van der Waals surface area contributed by atoms with Gasteiger partial charge in [0, 0.05) is 23.2 Å². The fourth-order valence-corrected chi connectivity index (χ4v) is 5.18. The highest BCUT2D eigenvalue weighted by molar-refractivity contribution is 7.89. The zero-order chi connectivity index (χ0) is 24.8. The summed E-state index contributed by atoms with van der Waals surface area (Å²) in [5.74, 6) is 0.187. The topological polar surface area (TPSA) is 97.3 Å².